The van der Waals surface area contributed by atoms with Gasteiger partial charge in [-0.15, -0.1) is 0 Å². The summed E-state index contributed by atoms with van der Waals surface area (Å²) in [4.78, 5) is 10.2. The average molecular weight is 302 g/mol. The number of aliphatic carboxylic acids is 1. The first-order valence-electron chi connectivity index (χ1n) is 4.33. The molecule has 1 rings (SSSR count). The predicted molar refractivity (Wildman–Crippen MR) is 65.1 cm³/mol. The number of halogens is 1. The van der Waals surface area contributed by atoms with Gasteiger partial charge in [-0.25, -0.2) is 0 Å². The molecule has 0 saturated heterocycles. The van der Waals surface area contributed by atoms with Crippen LogP contribution in [0, 0.1) is 3.57 Å². The van der Waals surface area contributed by atoms with Gasteiger partial charge >= 0.3 is 5.97 Å². The van der Waals surface area contributed by atoms with E-state index in [1.54, 1.807) is 0 Å². The van der Waals surface area contributed by atoms with Crippen molar-refractivity contribution in [3.63, 3.8) is 0 Å². The highest BCUT2D eigenvalue weighted by molar-refractivity contribution is 14.1. The Bertz CT molecular complexity index is 345. The van der Waals surface area contributed by atoms with Gasteiger partial charge in [0.1, 0.15) is 0 Å². The van der Waals surface area contributed by atoms with Crippen molar-refractivity contribution >= 4 is 34.6 Å². The number of carbonyl (C=O) groups is 1. The Morgan fingerprint density at radius 2 is 2.14 bits per heavy atom. The molecular weight excluding hydrogens is 291 g/mol. The molecular formula is C11H11IO2. The maximum atomic E-state index is 10.2. The third-order valence-electron chi connectivity index (χ3n) is 1.73. The average Bonchev–Trinajstić information content (AvgIpc) is 2.15. The summed E-state index contributed by atoms with van der Waals surface area (Å²) < 4.78 is 1.18. The molecule has 0 amide bonds. The molecule has 0 spiro atoms. The summed E-state index contributed by atoms with van der Waals surface area (Å²) in [6.07, 6.45) is 4.64. The zero-order valence-corrected chi connectivity index (χ0v) is 9.77. The van der Waals surface area contributed by atoms with E-state index >= 15 is 0 Å². The largest absolute Gasteiger partial charge is 0.481 e. The number of hydrogen-bond acceptors (Lipinski definition) is 1. The van der Waals surface area contributed by atoms with Crippen LogP contribution in [-0.4, -0.2) is 11.1 Å². The minimum Gasteiger partial charge on any atom is -0.481 e. The lowest BCUT2D eigenvalue weighted by atomic mass is 10.2. The standard InChI is InChI=1S/C11H11IO2/c12-10-7-3-1-5-9(10)6-2-4-8-11(13)14/h1-3,5-7H,4,8H2,(H,13,14). The minimum absolute atomic E-state index is 0.194. The van der Waals surface area contributed by atoms with Crippen molar-refractivity contribution in [2.75, 3.05) is 0 Å². The summed E-state index contributed by atoms with van der Waals surface area (Å²) in [5.74, 6) is -0.752. The van der Waals surface area contributed by atoms with Crippen LogP contribution < -0.4 is 0 Å². The van der Waals surface area contributed by atoms with Crippen LogP contribution in [-0.2, 0) is 4.79 Å². The van der Waals surface area contributed by atoms with E-state index in [1.165, 1.54) is 3.57 Å². The van der Waals surface area contributed by atoms with Crippen LogP contribution >= 0.6 is 22.6 Å². The van der Waals surface area contributed by atoms with Gasteiger partial charge in [-0.1, -0.05) is 30.4 Å². The summed E-state index contributed by atoms with van der Waals surface area (Å²) in [5.41, 5.74) is 1.14. The molecule has 0 heterocycles. The highest BCUT2D eigenvalue weighted by Crippen LogP contribution is 2.13. The number of benzene rings is 1. The summed E-state index contributed by atoms with van der Waals surface area (Å²) >= 11 is 2.26. The molecule has 1 N–H and O–H groups in total. The quantitative estimate of drug-likeness (QED) is 0.867. The SMILES string of the molecule is O=C(O)CCC=Cc1ccccc1I. The van der Waals surface area contributed by atoms with E-state index in [0.29, 0.717) is 6.42 Å². The van der Waals surface area contributed by atoms with Crippen LogP contribution in [0.4, 0.5) is 0 Å². The Morgan fingerprint density at radius 1 is 1.43 bits per heavy atom. The van der Waals surface area contributed by atoms with E-state index in [9.17, 15) is 4.79 Å². The van der Waals surface area contributed by atoms with Gasteiger partial charge in [-0.2, -0.15) is 0 Å². The van der Waals surface area contributed by atoms with Gasteiger partial charge in [0.15, 0.2) is 0 Å². The van der Waals surface area contributed by atoms with E-state index in [2.05, 4.69) is 22.6 Å². The molecule has 0 saturated carbocycles. The molecule has 0 aliphatic rings. The Morgan fingerprint density at radius 3 is 2.79 bits per heavy atom. The summed E-state index contributed by atoms with van der Waals surface area (Å²) in [7, 11) is 0. The van der Waals surface area contributed by atoms with E-state index in [-0.39, 0.29) is 6.42 Å². The van der Waals surface area contributed by atoms with Crippen LogP contribution in [0.5, 0.6) is 0 Å². The molecule has 3 heteroatoms. The highest BCUT2D eigenvalue weighted by atomic mass is 127. The second kappa shape index (κ2) is 5.80. The van der Waals surface area contributed by atoms with Crippen molar-refractivity contribution in [1.29, 1.82) is 0 Å². The Balaban J connectivity index is 2.52. The summed E-state index contributed by atoms with van der Waals surface area (Å²) in [5, 5.41) is 8.43. The molecule has 0 aliphatic carbocycles. The molecule has 74 valence electrons. The van der Waals surface area contributed by atoms with Gasteiger partial charge in [0.25, 0.3) is 0 Å². The van der Waals surface area contributed by atoms with Crippen LogP contribution in [0.25, 0.3) is 6.08 Å². The fraction of sp³-hybridized carbons (Fsp3) is 0.182. The van der Waals surface area contributed by atoms with Crippen molar-refractivity contribution in [3.8, 4) is 0 Å². The van der Waals surface area contributed by atoms with Crippen LogP contribution in [0.3, 0.4) is 0 Å². The van der Waals surface area contributed by atoms with E-state index in [4.69, 9.17) is 5.11 Å². The Hall–Kier alpha value is -0.840. The first-order valence-corrected chi connectivity index (χ1v) is 5.41. The van der Waals surface area contributed by atoms with E-state index in [0.717, 1.165) is 5.56 Å². The predicted octanol–water partition coefficient (Wildman–Crippen LogP) is 3.17. The molecule has 14 heavy (non-hydrogen) atoms. The zero-order chi connectivity index (χ0) is 10.4. The van der Waals surface area contributed by atoms with Gasteiger partial charge in [0.05, 0.1) is 0 Å². The molecule has 0 fully saturated rings. The molecule has 0 aliphatic heterocycles. The van der Waals surface area contributed by atoms with Gasteiger partial charge < -0.3 is 5.11 Å². The molecule has 2 nitrogen and oxygen atoms in total. The zero-order valence-electron chi connectivity index (χ0n) is 7.61. The molecule has 1 aromatic carbocycles. The Labute approximate surface area is 96.8 Å². The number of allylic oxidation sites excluding steroid dienone is 1. The second-order valence-electron chi connectivity index (χ2n) is 2.86. The van der Waals surface area contributed by atoms with Crippen molar-refractivity contribution in [3.05, 3.63) is 39.5 Å². The van der Waals surface area contributed by atoms with Gasteiger partial charge in [0, 0.05) is 9.99 Å². The second-order valence-corrected chi connectivity index (χ2v) is 4.02. The molecule has 0 unspecified atom stereocenters. The number of carboxylic acids is 1. The van der Waals surface area contributed by atoms with Crippen LogP contribution in [0.15, 0.2) is 30.3 Å². The first kappa shape index (κ1) is 11.2. The monoisotopic (exact) mass is 302 g/mol. The lowest BCUT2D eigenvalue weighted by Crippen LogP contribution is -1.91. The number of carboxylic acid groups (broad SMARTS) is 1. The smallest absolute Gasteiger partial charge is 0.303 e. The first-order chi connectivity index (χ1) is 6.70. The number of rotatable bonds is 4. The molecule has 0 radical (unpaired) electrons. The minimum atomic E-state index is -0.752. The molecule has 0 bridgehead atoms. The summed E-state index contributed by atoms with van der Waals surface area (Å²) in [6.45, 7) is 0. The summed E-state index contributed by atoms with van der Waals surface area (Å²) in [6, 6.07) is 7.99. The molecule has 0 atom stereocenters. The normalized spacial score (nSPS) is 10.6. The fourth-order valence-electron chi connectivity index (χ4n) is 1.03. The highest BCUT2D eigenvalue weighted by Gasteiger charge is 1.94. The molecule has 1 aromatic rings. The van der Waals surface area contributed by atoms with Crippen LogP contribution in [0.2, 0.25) is 0 Å². The van der Waals surface area contributed by atoms with Gasteiger partial charge in [-0.05, 0) is 40.6 Å². The fourth-order valence-corrected chi connectivity index (χ4v) is 1.59. The van der Waals surface area contributed by atoms with Crippen molar-refractivity contribution in [1.82, 2.24) is 0 Å². The van der Waals surface area contributed by atoms with Gasteiger partial charge in [-0.3, -0.25) is 4.79 Å². The van der Waals surface area contributed by atoms with E-state index < -0.39 is 5.97 Å². The third kappa shape index (κ3) is 3.91. The van der Waals surface area contributed by atoms with Crippen molar-refractivity contribution in [2.24, 2.45) is 0 Å². The molecule has 0 aromatic heterocycles. The van der Waals surface area contributed by atoms with Crippen molar-refractivity contribution < 1.29 is 9.90 Å². The lowest BCUT2D eigenvalue weighted by molar-refractivity contribution is -0.136. The van der Waals surface area contributed by atoms with Gasteiger partial charge in [0.2, 0.25) is 0 Å². The maximum absolute atomic E-state index is 10.2. The Kier molecular flexibility index (Phi) is 4.65. The lowest BCUT2D eigenvalue weighted by Gasteiger charge is -1.96. The van der Waals surface area contributed by atoms with E-state index in [1.807, 2.05) is 36.4 Å². The maximum Gasteiger partial charge on any atom is 0.303 e. The van der Waals surface area contributed by atoms with Crippen molar-refractivity contribution in [2.45, 2.75) is 12.8 Å². The number of hydrogen-bond donors (Lipinski definition) is 1. The topological polar surface area (TPSA) is 37.3 Å². The third-order valence-corrected chi connectivity index (χ3v) is 2.71. The van der Waals surface area contributed by atoms with Crippen LogP contribution in [0.1, 0.15) is 18.4 Å².